The molecule has 4 heteroatoms. The van der Waals surface area contributed by atoms with Gasteiger partial charge in [0.25, 0.3) is 0 Å². The van der Waals surface area contributed by atoms with Gasteiger partial charge in [-0.15, -0.1) is 0 Å². The van der Waals surface area contributed by atoms with E-state index >= 15 is 0 Å². The second-order valence-electron chi connectivity index (χ2n) is 5.58. The molecule has 2 aromatic rings. The van der Waals surface area contributed by atoms with Gasteiger partial charge in [0.2, 0.25) is 5.91 Å². The molecule has 0 unspecified atom stereocenters. The maximum Gasteiger partial charge on any atom is 0.240 e. The summed E-state index contributed by atoms with van der Waals surface area (Å²) in [7, 11) is 0. The fourth-order valence-electron chi connectivity index (χ4n) is 2.83. The molecule has 3 nitrogen and oxygen atoms in total. The Morgan fingerprint density at radius 1 is 1.27 bits per heavy atom. The Kier molecular flexibility index (Phi) is 4.46. The van der Waals surface area contributed by atoms with Gasteiger partial charge >= 0.3 is 0 Å². The zero-order valence-electron chi connectivity index (χ0n) is 12.6. The molecule has 1 amide bonds. The minimum Gasteiger partial charge on any atom is -0.311 e. The van der Waals surface area contributed by atoms with Crippen molar-refractivity contribution in [1.82, 2.24) is 5.32 Å². The predicted molar refractivity (Wildman–Crippen MR) is 90.4 cm³/mol. The number of nitrogens with zero attached hydrogens (tertiary/aromatic N) is 1. The molecule has 0 saturated carbocycles. The number of rotatable bonds is 4. The van der Waals surface area contributed by atoms with Gasteiger partial charge in [0.05, 0.1) is 6.54 Å². The van der Waals surface area contributed by atoms with Gasteiger partial charge in [-0.3, -0.25) is 4.79 Å². The molecule has 22 heavy (non-hydrogen) atoms. The molecular formula is C18H19ClN2O. The van der Waals surface area contributed by atoms with Gasteiger partial charge in [-0.05, 0) is 42.7 Å². The van der Waals surface area contributed by atoms with E-state index in [2.05, 4.69) is 11.4 Å². The largest absolute Gasteiger partial charge is 0.311 e. The topological polar surface area (TPSA) is 32.3 Å². The van der Waals surface area contributed by atoms with E-state index < -0.39 is 0 Å². The quantitative estimate of drug-likeness (QED) is 0.935. The summed E-state index contributed by atoms with van der Waals surface area (Å²) in [5.41, 5.74) is 3.38. The maximum absolute atomic E-state index is 12.4. The van der Waals surface area contributed by atoms with Crippen molar-refractivity contribution in [3.63, 3.8) is 0 Å². The number of para-hydroxylation sites is 1. The standard InChI is InChI=1S/C18H19ClN2O/c1-13(15-6-4-7-16(19)11-15)20-12-18(22)21-10-9-14-5-2-3-8-17(14)21/h2-8,11,13,20H,9-10,12H2,1H3/t13-/m0/s1. The Morgan fingerprint density at radius 3 is 2.91 bits per heavy atom. The zero-order chi connectivity index (χ0) is 15.5. The lowest BCUT2D eigenvalue weighted by Crippen LogP contribution is -2.38. The highest BCUT2D eigenvalue weighted by atomic mass is 35.5. The summed E-state index contributed by atoms with van der Waals surface area (Å²) in [5.74, 6) is 0.110. The van der Waals surface area contributed by atoms with Crippen LogP contribution in [0.25, 0.3) is 0 Å². The number of anilines is 1. The number of amides is 1. The molecule has 0 aliphatic carbocycles. The van der Waals surface area contributed by atoms with Gasteiger partial charge in [0.15, 0.2) is 0 Å². The number of fused-ring (bicyclic) bond motifs is 1. The highest BCUT2D eigenvalue weighted by Gasteiger charge is 2.24. The van der Waals surface area contributed by atoms with Gasteiger partial charge in [-0.25, -0.2) is 0 Å². The van der Waals surface area contributed by atoms with Crippen molar-refractivity contribution in [2.24, 2.45) is 0 Å². The van der Waals surface area contributed by atoms with E-state index in [-0.39, 0.29) is 11.9 Å². The minimum atomic E-state index is 0.0838. The number of nitrogens with one attached hydrogen (secondary N) is 1. The lowest BCUT2D eigenvalue weighted by Gasteiger charge is -2.20. The van der Waals surface area contributed by atoms with Gasteiger partial charge in [0.1, 0.15) is 0 Å². The second kappa shape index (κ2) is 6.51. The number of hydrogen-bond donors (Lipinski definition) is 1. The Bertz CT molecular complexity index is 686. The third-order valence-corrected chi connectivity index (χ3v) is 4.33. The monoisotopic (exact) mass is 314 g/mol. The first-order chi connectivity index (χ1) is 10.6. The smallest absolute Gasteiger partial charge is 0.240 e. The summed E-state index contributed by atoms with van der Waals surface area (Å²) < 4.78 is 0. The molecule has 1 heterocycles. The van der Waals surface area contributed by atoms with Crippen molar-refractivity contribution in [3.05, 3.63) is 64.7 Å². The van der Waals surface area contributed by atoms with Gasteiger partial charge in [0, 0.05) is 23.3 Å². The number of carbonyl (C=O) groups is 1. The van der Waals surface area contributed by atoms with E-state index in [1.807, 2.05) is 54.3 Å². The highest BCUT2D eigenvalue weighted by Crippen LogP contribution is 2.27. The van der Waals surface area contributed by atoms with Crippen molar-refractivity contribution < 1.29 is 4.79 Å². The molecule has 0 spiro atoms. The molecular weight excluding hydrogens is 296 g/mol. The lowest BCUT2D eigenvalue weighted by atomic mass is 10.1. The Labute approximate surface area is 135 Å². The van der Waals surface area contributed by atoms with Crippen LogP contribution < -0.4 is 10.2 Å². The third kappa shape index (κ3) is 3.16. The Balaban J connectivity index is 1.61. The number of hydrogen-bond acceptors (Lipinski definition) is 2. The molecule has 0 bridgehead atoms. The number of halogens is 1. The predicted octanol–water partition coefficient (Wildman–Crippen LogP) is 3.58. The van der Waals surface area contributed by atoms with Crippen molar-refractivity contribution in [2.75, 3.05) is 18.0 Å². The fraction of sp³-hybridized carbons (Fsp3) is 0.278. The van der Waals surface area contributed by atoms with Crippen LogP contribution in [-0.4, -0.2) is 19.0 Å². The molecule has 0 saturated heterocycles. The van der Waals surface area contributed by atoms with Crippen LogP contribution in [0.15, 0.2) is 48.5 Å². The SMILES string of the molecule is C[C@H](NCC(=O)N1CCc2ccccc21)c1cccc(Cl)c1. The normalized spacial score (nSPS) is 14.7. The third-order valence-electron chi connectivity index (χ3n) is 4.10. The first kappa shape index (κ1) is 15.1. The summed E-state index contributed by atoms with van der Waals surface area (Å²) >= 11 is 6.01. The van der Waals surface area contributed by atoms with Crippen LogP contribution in [0.4, 0.5) is 5.69 Å². The van der Waals surface area contributed by atoms with Crippen molar-refractivity contribution in [2.45, 2.75) is 19.4 Å². The molecule has 1 aliphatic heterocycles. The minimum absolute atomic E-state index is 0.0838. The summed E-state index contributed by atoms with van der Waals surface area (Å²) in [5, 5.41) is 4.00. The van der Waals surface area contributed by atoms with Crippen LogP contribution in [0.1, 0.15) is 24.1 Å². The van der Waals surface area contributed by atoms with Crippen LogP contribution in [0.5, 0.6) is 0 Å². The summed E-state index contributed by atoms with van der Waals surface area (Å²) in [6.07, 6.45) is 0.936. The van der Waals surface area contributed by atoms with Crippen LogP contribution in [-0.2, 0) is 11.2 Å². The van der Waals surface area contributed by atoms with Crippen molar-refractivity contribution in [1.29, 1.82) is 0 Å². The Morgan fingerprint density at radius 2 is 2.09 bits per heavy atom. The van der Waals surface area contributed by atoms with E-state index in [4.69, 9.17) is 11.6 Å². The molecule has 2 aromatic carbocycles. The molecule has 114 valence electrons. The maximum atomic E-state index is 12.4. The second-order valence-corrected chi connectivity index (χ2v) is 6.02. The summed E-state index contributed by atoms with van der Waals surface area (Å²) in [6, 6.07) is 15.9. The van der Waals surface area contributed by atoms with Crippen LogP contribution in [0.2, 0.25) is 5.02 Å². The van der Waals surface area contributed by atoms with Crippen LogP contribution in [0, 0.1) is 0 Å². The average molecular weight is 315 g/mol. The Hall–Kier alpha value is -1.84. The zero-order valence-corrected chi connectivity index (χ0v) is 13.3. The van der Waals surface area contributed by atoms with E-state index in [1.54, 1.807) is 0 Å². The van der Waals surface area contributed by atoms with Crippen molar-refractivity contribution in [3.8, 4) is 0 Å². The van der Waals surface area contributed by atoms with E-state index in [9.17, 15) is 4.79 Å². The molecule has 1 N–H and O–H groups in total. The van der Waals surface area contributed by atoms with E-state index in [1.165, 1.54) is 5.56 Å². The average Bonchev–Trinajstić information content (AvgIpc) is 2.96. The fourth-order valence-corrected chi connectivity index (χ4v) is 3.03. The molecule has 1 aliphatic rings. The first-order valence-electron chi connectivity index (χ1n) is 7.52. The van der Waals surface area contributed by atoms with Crippen molar-refractivity contribution >= 4 is 23.2 Å². The molecule has 1 atom stereocenters. The van der Waals surface area contributed by atoms with Crippen LogP contribution >= 0.6 is 11.6 Å². The molecule has 0 aromatic heterocycles. The van der Waals surface area contributed by atoms with Gasteiger partial charge in [-0.1, -0.05) is 41.9 Å². The molecule has 3 rings (SSSR count). The summed E-state index contributed by atoms with van der Waals surface area (Å²) in [6.45, 7) is 3.13. The first-order valence-corrected chi connectivity index (χ1v) is 7.90. The molecule has 0 radical (unpaired) electrons. The number of benzene rings is 2. The summed E-state index contributed by atoms with van der Waals surface area (Å²) in [4.78, 5) is 14.3. The van der Waals surface area contributed by atoms with Gasteiger partial charge < -0.3 is 10.2 Å². The van der Waals surface area contributed by atoms with E-state index in [0.717, 1.165) is 24.2 Å². The highest BCUT2D eigenvalue weighted by molar-refractivity contribution is 6.30. The molecule has 0 fully saturated rings. The number of carbonyl (C=O) groups excluding carboxylic acids is 1. The van der Waals surface area contributed by atoms with Gasteiger partial charge in [-0.2, -0.15) is 0 Å². The lowest BCUT2D eigenvalue weighted by molar-refractivity contribution is -0.117. The van der Waals surface area contributed by atoms with E-state index in [0.29, 0.717) is 11.6 Å². The van der Waals surface area contributed by atoms with Crippen LogP contribution in [0.3, 0.4) is 0 Å².